The average Bonchev–Trinajstić information content (AvgIpc) is 2.21. The third-order valence-corrected chi connectivity index (χ3v) is 2.58. The van der Waals surface area contributed by atoms with Gasteiger partial charge in [0, 0.05) is 16.2 Å². The highest BCUT2D eigenvalue weighted by atomic mass is 79.9. The smallest absolute Gasteiger partial charge is 0.252 e. The Balaban J connectivity index is 2.86. The molecule has 1 aromatic rings. The standard InChI is InChI=1S/C10H13BrN2O2/c1-6(5-14)13-10(15)8-4-7(12)2-3-9(8)11/h2-4,6,14H,5,12H2,1H3,(H,13,15)/t6-/m1/s1. The van der Waals surface area contributed by atoms with Crippen LogP contribution in [0.3, 0.4) is 0 Å². The van der Waals surface area contributed by atoms with Gasteiger partial charge in [-0.15, -0.1) is 0 Å². The van der Waals surface area contributed by atoms with E-state index in [4.69, 9.17) is 10.8 Å². The molecule has 0 radical (unpaired) electrons. The Morgan fingerprint density at radius 3 is 2.93 bits per heavy atom. The van der Waals surface area contributed by atoms with Gasteiger partial charge in [-0.3, -0.25) is 4.79 Å². The molecule has 0 saturated carbocycles. The highest BCUT2D eigenvalue weighted by molar-refractivity contribution is 9.10. The predicted octanol–water partition coefficient (Wildman–Crippen LogP) is 1.14. The molecule has 0 spiro atoms. The van der Waals surface area contributed by atoms with Gasteiger partial charge in [0.15, 0.2) is 0 Å². The molecule has 0 bridgehead atoms. The van der Waals surface area contributed by atoms with Crippen molar-refractivity contribution < 1.29 is 9.90 Å². The van der Waals surface area contributed by atoms with E-state index in [1.165, 1.54) is 0 Å². The SMILES string of the molecule is C[C@H](CO)NC(=O)c1cc(N)ccc1Br. The Morgan fingerprint density at radius 1 is 1.67 bits per heavy atom. The molecular weight excluding hydrogens is 260 g/mol. The summed E-state index contributed by atoms with van der Waals surface area (Å²) < 4.78 is 0.680. The Kier molecular flexibility index (Phi) is 4.11. The Morgan fingerprint density at radius 2 is 2.33 bits per heavy atom. The highest BCUT2D eigenvalue weighted by Crippen LogP contribution is 2.19. The molecule has 15 heavy (non-hydrogen) atoms. The second-order valence-corrected chi connectivity index (χ2v) is 4.15. The van der Waals surface area contributed by atoms with Crippen molar-refractivity contribution in [3.63, 3.8) is 0 Å². The van der Waals surface area contributed by atoms with Crippen molar-refractivity contribution in [2.75, 3.05) is 12.3 Å². The maximum absolute atomic E-state index is 11.7. The number of hydrogen-bond donors (Lipinski definition) is 3. The fraction of sp³-hybridized carbons (Fsp3) is 0.300. The lowest BCUT2D eigenvalue weighted by Gasteiger charge is -2.12. The first-order chi connectivity index (χ1) is 7.04. The summed E-state index contributed by atoms with van der Waals surface area (Å²) in [5.41, 5.74) is 6.57. The highest BCUT2D eigenvalue weighted by Gasteiger charge is 2.12. The Bertz CT molecular complexity index is 368. The van der Waals surface area contributed by atoms with E-state index in [1.807, 2.05) is 0 Å². The van der Waals surface area contributed by atoms with E-state index in [0.29, 0.717) is 15.7 Å². The lowest BCUT2D eigenvalue weighted by atomic mass is 10.2. The summed E-state index contributed by atoms with van der Waals surface area (Å²) in [5, 5.41) is 11.4. The van der Waals surface area contributed by atoms with Gasteiger partial charge in [0.2, 0.25) is 0 Å². The summed E-state index contributed by atoms with van der Waals surface area (Å²) in [7, 11) is 0. The van der Waals surface area contributed by atoms with Gasteiger partial charge in [0.1, 0.15) is 0 Å². The summed E-state index contributed by atoms with van der Waals surface area (Å²) in [6, 6.07) is 4.74. The molecule has 4 nitrogen and oxygen atoms in total. The molecule has 1 amide bonds. The minimum absolute atomic E-state index is 0.0916. The minimum Gasteiger partial charge on any atom is -0.399 e. The van der Waals surface area contributed by atoms with E-state index in [1.54, 1.807) is 25.1 Å². The number of benzene rings is 1. The first-order valence-corrected chi connectivity index (χ1v) is 5.30. The summed E-state index contributed by atoms with van der Waals surface area (Å²) in [4.78, 5) is 11.7. The number of aliphatic hydroxyl groups is 1. The molecular formula is C10H13BrN2O2. The van der Waals surface area contributed by atoms with Gasteiger partial charge in [0.25, 0.3) is 5.91 Å². The maximum atomic E-state index is 11.7. The fourth-order valence-electron chi connectivity index (χ4n) is 1.06. The van der Waals surface area contributed by atoms with Crippen LogP contribution in [0.1, 0.15) is 17.3 Å². The fourth-order valence-corrected chi connectivity index (χ4v) is 1.49. The predicted molar refractivity (Wildman–Crippen MR) is 62.6 cm³/mol. The van der Waals surface area contributed by atoms with Gasteiger partial charge in [-0.25, -0.2) is 0 Å². The molecule has 0 fully saturated rings. The van der Waals surface area contributed by atoms with Crippen LogP contribution < -0.4 is 11.1 Å². The monoisotopic (exact) mass is 272 g/mol. The first kappa shape index (κ1) is 12.0. The maximum Gasteiger partial charge on any atom is 0.252 e. The van der Waals surface area contributed by atoms with Crippen LogP contribution in [0.15, 0.2) is 22.7 Å². The van der Waals surface area contributed by atoms with Gasteiger partial charge in [-0.1, -0.05) is 0 Å². The number of nitrogens with two attached hydrogens (primary N) is 1. The number of amides is 1. The number of nitrogens with one attached hydrogen (secondary N) is 1. The van der Waals surface area contributed by atoms with Crippen LogP contribution >= 0.6 is 15.9 Å². The van der Waals surface area contributed by atoms with E-state index in [0.717, 1.165) is 0 Å². The summed E-state index contributed by atoms with van der Waals surface area (Å²) in [6.45, 7) is 1.63. The third kappa shape index (κ3) is 3.21. The molecule has 1 rings (SSSR count). The molecule has 4 N–H and O–H groups in total. The van der Waals surface area contributed by atoms with Crippen molar-refractivity contribution in [2.24, 2.45) is 0 Å². The van der Waals surface area contributed by atoms with Crippen molar-refractivity contribution in [1.82, 2.24) is 5.32 Å². The summed E-state index contributed by atoms with van der Waals surface area (Å²) in [6.07, 6.45) is 0. The number of carbonyl (C=O) groups is 1. The number of hydrogen-bond acceptors (Lipinski definition) is 3. The molecule has 5 heteroatoms. The number of aliphatic hydroxyl groups excluding tert-OH is 1. The zero-order valence-electron chi connectivity index (χ0n) is 8.33. The van der Waals surface area contributed by atoms with Crippen LogP contribution in [-0.4, -0.2) is 23.7 Å². The molecule has 82 valence electrons. The normalized spacial score (nSPS) is 12.2. The molecule has 0 aliphatic carbocycles. The molecule has 0 unspecified atom stereocenters. The molecule has 0 heterocycles. The zero-order valence-corrected chi connectivity index (χ0v) is 9.91. The van der Waals surface area contributed by atoms with Crippen molar-refractivity contribution in [2.45, 2.75) is 13.0 Å². The van der Waals surface area contributed by atoms with E-state index in [2.05, 4.69) is 21.2 Å². The minimum atomic E-state index is -0.272. The van der Waals surface area contributed by atoms with Gasteiger partial charge in [-0.2, -0.15) is 0 Å². The van der Waals surface area contributed by atoms with Gasteiger partial charge < -0.3 is 16.2 Å². The number of nitrogen functional groups attached to an aromatic ring is 1. The molecule has 0 aliphatic rings. The van der Waals surface area contributed by atoms with Crippen LogP contribution in [0.4, 0.5) is 5.69 Å². The molecule has 0 aliphatic heterocycles. The quantitative estimate of drug-likeness (QED) is 0.723. The van der Waals surface area contributed by atoms with Crippen molar-refractivity contribution in [3.05, 3.63) is 28.2 Å². The lowest BCUT2D eigenvalue weighted by Crippen LogP contribution is -2.35. The number of carbonyl (C=O) groups excluding carboxylic acids is 1. The summed E-state index contributed by atoms with van der Waals surface area (Å²) in [5.74, 6) is -0.254. The van der Waals surface area contributed by atoms with Gasteiger partial charge in [-0.05, 0) is 41.1 Å². The molecule has 0 saturated heterocycles. The number of halogens is 1. The van der Waals surface area contributed by atoms with Crippen molar-refractivity contribution in [1.29, 1.82) is 0 Å². The van der Waals surface area contributed by atoms with Crippen molar-refractivity contribution >= 4 is 27.5 Å². The second kappa shape index (κ2) is 5.14. The largest absolute Gasteiger partial charge is 0.399 e. The van der Waals surface area contributed by atoms with Crippen LogP contribution in [0.2, 0.25) is 0 Å². The summed E-state index contributed by atoms with van der Waals surface area (Å²) >= 11 is 3.26. The van der Waals surface area contributed by atoms with E-state index >= 15 is 0 Å². The van der Waals surface area contributed by atoms with Crippen LogP contribution in [0, 0.1) is 0 Å². The Labute approximate surface area is 96.6 Å². The lowest BCUT2D eigenvalue weighted by molar-refractivity contribution is 0.0921. The third-order valence-electron chi connectivity index (χ3n) is 1.89. The molecule has 1 atom stereocenters. The average molecular weight is 273 g/mol. The number of anilines is 1. The number of rotatable bonds is 3. The zero-order chi connectivity index (χ0) is 11.4. The van der Waals surface area contributed by atoms with E-state index in [9.17, 15) is 4.79 Å². The Hall–Kier alpha value is -1.07. The van der Waals surface area contributed by atoms with Gasteiger partial charge >= 0.3 is 0 Å². The first-order valence-electron chi connectivity index (χ1n) is 4.51. The van der Waals surface area contributed by atoms with Gasteiger partial charge in [0.05, 0.1) is 12.2 Å². The van der Waals surface area contributed by atoms with E-state index in [-0.39, 0.29) is 18.6 Å². The van der Waals surface area contributed by atoms with E-state index < -0.39 is 0 Å². The van der Waals surface area contributed by atoms with Crippen LogP contribution in [0.25, 0.3) is 0 Å². The molecule has 1 aromatic carbocycles. The topological polar surface area (TPSA) is 75.3 Å². The van der Waals surface area contributed by atoms with Crippen molar-refractivity contribution in [3.8, 4) is 0 Å². The molecule has 0 aromatic heterocycles. The van der Waals surface area contributed by atoms with Crippen LogP contribution in [0.5, 0.6) is 0 Å². The second-order valence-electron chi connectivity index (χ2n) is 3.30. The van der Waals surface area contributed by atoms with Crippen LogP contribution in [-0.2, 0) is 0 Å².